The Morgan fingerprint density at radius 1 is 1.25 bits per heavy atom. The molecule has 5 nitrogen and oxygen atoms in total. The van der Waals surface area contributed by atoms with E-state index >= 15 is 0 Å². The second-order valence-corrected chi connectivity index (χ2v) is 5.79. The molecule has 0 spiro atoms. The average molecular weight is 331 g/mol. The Balaban J connectivity index is 1.68. The van der Waals surface area contributed by atoms with Gasteiger partial charge in [0.05, 0.1) is 19.8 Å². The third kappa shape index (κ3) is 7.04. The normalized spacial score (nSPS) is 14.9. The van der Waals surface area contributed by atoms with E-state index in [0.717, 1.165) is 57.4 Å². The molecule has 1 aliphatic rings. The van der Waals surface area contributed by atoms with Gasteiger partial charge in [-0.15, -0.1) is 0 Å². The zero-order valence-corrected chi connectivity index (χ0v) is 14.8. The number of aliphatic imine (C=N–C) groups is 1. The lowest BCUT2D eigenvalue weighted by atomic mass is 10.1. The largest absolute Gasteiger partial charge is 0.492 e. The van der Waals surface area contributed by atoms with E-state index in [0.29, 0.717) is 6.61 Å². The zero-order chi connectivity index (χ0) is 17.0. The van der Waals surface area contributed by atoms with Gasteiger partial charge < -0.3 is 20.1 Å². The number of benzene rings is 1. The quantitative estimate of drug-likeness (QED) is 0.333. The van der Waals surface area contributed by atoms with E-state index in [4.69, 9.17) is 9.47 Å². The van der Waals surface area contributed by atoms with Crippen LogP contribution in [0, 0.1) is 6.92 Å². The monoisotopic (exact) mass is 331 g/mol. The van der Waals surface area contributed by atoms with Gasteiger partial charge in [0.1, 0.15) is 12.4 Å². The molecule has 1 aromatic carbocycles. The molecule has 0 aliphatic carbocycles. The van der Waals surface area contributed by atoms with Gasteiger partial charge in [0, 0.05) is 13.1 Å². The predicted molar refractivity (Wildman–Crippen MR) is 98.8 cm³/mol. The van der Waals surface area contributed by atoms with Crippen molar-refractivity contribution in [1.29, 1.82) is 0 Å². The van der Waals surface area contributed by atoms with Crippen LogP contribution in [0.5, 0.6) is 5.75 Å². The molecule has 132 valence electrons. The molecule has 0 saturated heterocycles. The van der Waals surface area contributed by atoms with Gasteiger partial charge in [-0.1, -0.05) is 29.3 Å². The van der Waals surface area contributed by atoms with Crippen molar-refractivity contribution in [2.45, 2.75) is 26.7 Å². The molecule has 0 saturated carbocycles. The number of nitrogens with one attached hydrogen (secondary N) is 2. The topological polar surface area (TPSA) is 54.9 Å². The SMILES string of the molecule is CCNC(=NCCC1=CCOCC1)NCCOc1ccc(C)cc1. The lowest BCUT2D eigenvalue weighted by molar-refractivity contribution is 0.153. The van der Waals surface area contributed by atoms with Crippen LogP contribution in [0.4, 0.5) is 0 Å². The Morgan fingerprint density at radius 3 is 2.79 bits per heavy atom. The summed E-state index contributed by atoms with van der Waals surface area (Å²) in [5.41, 5.74) is 2.69. The highest BCUT2D eigenvalue weighted by Gasteiger charge is 2.03. The van der Waals surface area contributed by atoms with Gasteiger partial charge in [0.2, 0.25) is 0 Å². The summed E-state index contributed by atoms with van der Waals surface area (Å²) < 4.78 is 11.0. The second kappa shape index (κ2) is 10.7. The molecule has 0 atom stereocenters. The Morgan fingerprint density at radius 2 is 2.08 bits per heavy atom. The minimum Gasteiger partial charge on any atom is -0.492 e. The first-order valence-corrected chi connectivity index (χ1v) is 8.75. The molecule has 1 heterocycles. The first-order valence-electron chi connectivity index (χ1n) is 8.75. The fourth-order valence-corrected chi connectivity index (χ4v) is 2.42. The first kappa shape index (κ1) is 18.3. The van der Waals surface area contributed by atoms with Crippen LogP contribution in [-0.4, -0.2) is 45.4 Å². The highest BCUT2D eigenvalue weighted by molar-refractivity contribution is 5.79. The highest BCUT2D eigenvalue weighted by atomic mass is 16.5. The van der Waals surface area contributed by atoms with Crippen molar-refractivity contribution in [2.75, 3.05) is 39.5 Å². The van der Waals surface area contributed by atoms with Crippen LogP contribution in [0.15, 0.2) is 40.9 Å². The first-order chi connectivity index (χ1) is 11.8. The highest BCUT2D eigenvalue weighted by Crippen LogP contribution is 2.12. The van der Waals surface area contributed by atoms with Crippen molar-refractivity contribution < 1.29 is 9.47 Å². The molecule has 0 aromatic heterocycles. The summed E-state index contributed by atoms with van der Waals surface area (Å²) in [7, 11) is 0. The van der Waals surface area contributed by atoms with E-state index in [1.807, 2.05) is 12.1 Å². The molecule has 2 rings (SSSR count). The summed E-state index contributed by atoms with van der Waals surface area (Å²) in [6.45, 7) is 8.69. The Labute approximate surface area is 145 Å². The maximum Gasteiger partial charge on any atom is 0.191 e. The number of hydrogen-bond acceptors (Lipinski definition) is 3. The van der Waals surface area contributed by atoms with E-state index < -0.39 is 0 Å². The molecule has 24 heavy (non-hydrogen) atoms. The van der Waals surface area contributed by atoms with E-state index in [2.05, 4.69) is 47.7 Å². The summed E-state index contributed by atoms with van der Waals surface area (Å²) in [5.74, 6) is 1.74. The molecule has 0 unspecified atom stereocenters. The predicted octanol–water partition coefficient (Wildman–Crippen LogP) is 2.67. The van der Waals surface area contributed by atoms with E-state index in [1.165, 1.54) is 11.1 Å². The maximum atomic E-state index is 5.72. The number of rotatable bonds is 8. The van der Waals surface area contributed by atoms with Crippen molar-refractivity contribution >= 4 is 5.96 Å². The van der Waals surface area contributed by atoms with Gasteiger partial charge in [0.15, 0.2) is 5.96 Å². The van der Waals surface area contributed by atoms with Crippen LogP contribution in [0.25, 0.3) is 0 Å². The zero-order valence-electron chi connectivity index (χ0n) is 14.8. The lowest BCUT2D eigenvalue weighted by Gasteiger charge is -2.14. The molecule has 0 radical (unpaired) electrons. The van der Waals surface area contributed by atoms with Crippen molar-refractivity contribution in [2.24, 2.45) is 4.99 Å². The molecular weight excluding hydrogens is 302 g/mol. The fraction of sp³-hybridized carbons (Fsp3) is 0.526. The molecule has 1 aliphatic heterocycles. The van der Waals surface area contributed by atoms with Gasteiger partial charge in [0.25, 0.3) is 0 Å². The van der Waals surface area contributed by atoms with Gasteiger partial charge >= 0.3 is 0 Å². The third-order valence-corrected chi connectivity index (χ3v) is 3.79. The van der Waals surface area contributed by atoms with E-state index in [9.17, 15) is 0 Å². The third-order valence-electron chi connectivity index (χ3n) is 3.79. The van der Waals surface area contributed by atoms with Crippen LogP contribution in [0.1, 0.15) is 25.3 Å². The molecule has 0 amide bonds. The number of guanidine groups is 1. The van der Waals surface area contributed by atoms with Crippen LogP contribution < -0.4 is 15.4 Å². The minimum absolute atomic E-state index is 0.607. The molecule has 5 heteroatoms. The Hall–Kier alpha value is -2.01. The van der Waals surface area contributed by atoms with E-state index in [-0.39, 0.29) is 0 Å². The second-order valence-electron chi connectivity index (χ2n) is 5.79. The molecule has 2 N–H and O–H groups in total. The van der Waals surface area contributed by atoms with Crippen LogP contribution >= 0.6 is 0 Å². The fourth-order valence-electron chi connectivity index (χ4n) is 2.42. The summed E-state index contributed by atoms with van der Waals surface area (Å²) in [5, 5.41) is 6.58. The van der Waals surface area contributed by atoms with Crippen LogP contribution in [0.2, 0.25) is 0 Å². The number of nitrogens with zero attached hydrogens (tertiary/aromatic N) is 1. The van der Waals surface area contributed by atoms with E-state index in [1.54, 1.807) is 0 Å². The van der Waals surface area contributed by atoms with Gasteiger partial charge in [-0.3, -0.25) is 4.99 Å². The Kier molecular flexibility index (Phi) is 8.18. The number of aryl methyl sites for hydroxylation is 1. The molecular formula is C19H29N3O2. The van der Waals surface area contributed by atoms with Gasteiger partial charge in [-0.2, -0.15) is 0 Å². The smallest absolute Gasteiger partial charge is 0.191 e. The Bertz CT molecular complexity index is 538. The van der Waals surface area contributed by atoms with Crippen molar-refractivity contribution in [1.82, 2.24) is 10.6 Å². The molecule has 0 bridgehead atoms. The van der Waals surface area contributed by atoms with Crippen molar-refractivity contribution in [3.8, 4) is 5.75 Å². The summed E-state index contributed by atoms with van der Waals surface area (Å²) >= 11 is 0. The summed E-state index contributed by atoms with van der Waals surface area (Å²) in [6, 6.07) is 8.10. The summed E-state index contributed by atoms with van der Waals surface area (Å²) in [4.78, 5) is 4.62. The lowest BCUT2D eigenvalue weighted by Crippen LogP contribution is -2.39. The standard InChI is InChI=1S/C19H29N3O2/c1-3-20-19(21-11-8-17-9-13-23-14-10-17)22-12-15-24-18-6-4-16(2)5-7-18/h4-7,9H,3,8,10-15H2,1-2H3,(H2,20,21,22). The van der Waals surface area contributed by atoms with Crippen molar-refractivity contribution in [3.63, 3.8) is 0 Å². The maximum absolute atomic E-state index is 5.72. The van der Waals surface area contributed by atoms with Crippen molar-refractivity contribution in [3.05, 3.63) is 41.5 Å². The van der Waals surface area contributed by atoms with Gasteiger partial charge in [-0.05, 0) is 38.8 Å². The average Bonchev–Trinajstić information content (AvgIpc) is 2.61. The molecule has 1 aromatic rings. The molecule has 0 fully saturated rings. The van der Waals surface area contributed by atoms with Crippen LogP contribution in [-0.2, 0) is 4.74 Å². The number of ether oxygens (including phenoxy) is 2. The van der Waals surface area contributed by atoms with Gasteiger partial charge in [-0.25, -0.2) is 0 Å². The van der Waals surface area contributed by atoms with Crippen LogP contribution in [0.3, 0.4) is 0 Å². The number of hydrogen-bond donors (Lipinski definition) is 2. The minimum atomic E-state index is 0.607. The summed E-state index contributed by atoms with van der Waals surface area (Å²) in [6.07, 6.45) is 4.21.